The van der Waals surface area contributed by atoms with Gasteiger partial charge in [-0.15, -0.1) is 11.3 Å². The highest BCUT2D eigenvalue weighted by Gasteiger charge is 2.24. The van der Waals surface area contributed by atoms with Crippen molar-refractivity contribution < 1.29 is 17.9 Å². The van der Waals surface area contributed by atoms with Crippen molar-refractivity contribution in [3.63, 3.8) is 0 Å². The van der Waals surface area contributed by atoms with Crippen LogP contribution in [0.25, 0.3) is 0 Å². The number of nitrogens with one attached hydrogen (secondary N) is 1. The SMILES string of the molecule is CCCOc1ncccc1CNC(=O)CN(C)S(=O)(=O)c1ccc(Cl)s1. The summed E-state index contributed by atoms with van der Waals surface area (Å²) in [5, 5.41) is 2.69. The normalized spacial score (nSPS) is 11.5. The fourth-order valence-electron chi connectivity index (χ4n) is 2.01. The molecule has 26 heavy (non-hydrogen) atoms. The van der Waals surface area contributed by atoms with Crippen molar-refractivity contribution in [2.24, 2.45) is 0 Å². The molecule has 0 aliphatic rings. The Hall–Kier alpha value is -1.68. The van der Waals surface area contributed by atoms with Crippen LogP contribution in [0, 0.1) is 0 Å². The Labute approximate surface area is 162 Å². The van der Waals surface area contributed by atoms with Crippen molar-refractivity contribution in [3.8, 4) is 5.88 Å². The standard InChI is InChI=1S/C16H20ClN3O4S2/c1-3-9-24-16-12(5-4-8-18-16)10-19-14(21)11-20(2)26(22,23)15-7-6-13(17)25-15/h4-8H,3,9-11H2,1-2H3,(H,19,21). The first-order chi connectivity index (χ1) is 12.3. The number of rotatable bonds is 9. The number of pyridine rings is 1. The molecule has 0 aliphatic heterocycles. The lowest BCUT2D eigenvalue weighted by molar-refractivity contribution is -0.121. The van der Waals surface area contributed by atoms with Crippen LogP contribution >= 0.6 is 22.9 Å². The Balaban J connectivity index is 1.95. The van der Waals surface area contributed by atoms with Crippen LogP contribution in [0.2, 0.25) is 4.34 Å². The highest BCUT2D eigenvalue weighted by molar-refractivity contribution is 7.91. The number of carbonyl (C=O) groups excluding carboxylic acids is 1. The number of hydrogen-bond acceptors (Lipinski definition) is 6. The topological polar surface area (TPSA) is 88.6 Å². The van der Waals surface area contributed by atoms with E-state index in [4.69, 9.17) is 16.3 Å². The lowest BCUT2D eigenvalue weighted by Crippen LogP contribution is -2.37. The second-order valence-corrected chi connectivity index (χ2v) is 9.40. The second kappa shape index (κ2) is 9.31. The quantitative estimate of drug-likeness (QED) is 0.677. The summed E-state index contributed by atoms with van der Waals surface area (Å²) < 4.78 is 31.8. The van der Waals surface area contributed by atoms with Crippen molar-refractivity contribution in [3.05, 3.63) is 40.4 Å². The average molecular weight is 418 g/mol. The third kappa shape index (κ3) is 5.41. The molecule has 10 heteroatoms. The van der Waals surface area contributed by atoms with E-state index >= 15 is 0 Å². The Morgan fingerprint density at radius 2 is 2.15 bits per heavy atom. The highest BCUT2D eigenvalue weighted by atomic mass is 35.5. The van der Waals surface area contributed by atoms with Gasteiger partial charge in [-0.1, -0.05) is 24.6 Å². The predicted octanol–water partition coefficient (Wildman–Crippen LogP) is 2.52. The molecule has 0 saturated carbocycles. The number of thiophene rings is 1. The number of nitrogens with zero attached hydrogens (tertiary/aromatic N) is 2. The Bertz CT molecular complexity index is 855. The molecule has 2 heterocycles. The van der Waals surface area contributed by atoms with Crippen LogP contribution in [-0.2, 0) is 21.4 Å². The number of halogens is 1. The van der Waals surface area contributed by atoms with Crippen molar-refractivity contribution in [2.75, 3.05) is 20.2 Å². The maximum atomic E-state index is 12.4. The predicted molar refractivity (Wildman–Crippen MR) is 101 cm³/mol. The molecule has 1 amide bonds. The number of hydrogen-bond donors (Lipinski definition) is 1. The van der Waals surface area contributed by atoms with Gasteiger partial charge in [-0.3, -0.25) is 4.79 Å². The van der Waals surface area contributed by atoms with E-state index in [-0.39, 0.29) is 17.3 Å². The van der Waals surface area contributed by atoms with E-state index in [1.54, 1.807) is 18.3 Å². The van der Waals surface area contributed by atoms with E-state index in [9.17, 15) is 13.2 Å². The van der Waals surface area contributed by atoms with E-state index in [0.717, 1.165) is 27.6 Å². The van der Waals surface area contributed by atoms with Crippen LogP contribution in [-0.4, -0.2) is 43.8 Å². The fraction of sp³-hybridized carbons (Fsp3) is 0.375. The minimum Gasteiger partial charge on any atom is -0.477 e. The summed E-state index contributed by atoms with van der Waals surface area (Å²) in [7, 11) is -2.40. The summed E-state index contributed by atoms with van der Waals surface area (Å²) in [5.41, 5.74) is 0.727. The third-order valence-electron chi connectivity index (χ3n) is 3.35. The summed E-state index contributed by atoms with van der Waals surface area (Å²) in [6.07, 6.45) is 2.46. The number of likely N-dealkylation sites (N-methyl/N-ethyl adjacent to an activating group) is 1. The van der Waals surface area contributed by atoms with E-state index in [1.165, 1.54) is 19.2 Å². The lowest BCUT2D eigenvalue weighted by Gasteiger charge is -2.16. The van der Waals surface area contributed by atoms with E-state index in [2.05, 4.69) is 10.3 Å². The van der Waals surface area contributed by atoms with Gasteiger partial charge < -0.3 is 10.1 Å². The van der Waals surface area contributed by atoms with Gasteiger partial charge in [0.05, 0.1) is 17.5 Å². The Kier molecular flexibility index (Phi) is 7.39. The zero-order valence-electron chi connectivity index (χ0n) is 14.4. The highest BCUT2D eigenvalue weighted by Crippen LogP contribution is 2.27. The third-order valence-corrected chi connectivity index (χ3v) is 6.85. The first-order valence-electron chi connectivity index (χ1n) is 7.89. The first kappa shape index (κ1) is 20.6. The molecule has 142 valence electrons. The molecule has 0 bridgehead atoms. The molecule has 2 aromatic heterocycles. The molecule has 1 N–H and O–H groups in total. The number of amides is 1. The molecule has 2 rings (SSSR count). The molecule has 0 radical (unpaired) electrons. The van der Waals surface area contributed by atoms with Crippen molar-refractivity contribution in [1.29, 1.82) is 0 Å². The average Bonchev–Trinajstić information content (AvgIpc) is 3.06. The Morgan fingerprint density at radius 1 is 1.38 bits per heavy atom. The van der Waals surface area contributed by atoms with Crippen LogP contribution in [0.1, 0.15) is 18.9 Å². The molecule has 0 saturated heterocycles. The molecule has 0 aliphatic carbocycles. The zero-order chi connectivity index (χ0) is 19.2. The second-order valence-electron chi connectivity index (χ2n) is 5.41. The minimum atomic E-state index is -3.75. The summed E-state index contributed by atoms with van der Waals surface area (Å²) in [6.45, 7) is 2.41. The molecule has 0 spiro atoms. The van der Waals surface area contributed by atoms with E-state index in [1.807, 2.05) is 6.92 Å². The van der Waals surface area contributed by atoms with Crippen LogP contribution in [0.5, 0.6) is 5.88 Å². The summed E-state index contributed by atoms with van der Waals surface area (Å²) >= 11 is 6.73. The molecule has 0 aromatic carbocycles. The molecule has 0 atom stereocenters. The van der Waals surface area contributed by atoms with Crippen LogP contribution in [0.15, 0.2) is 34.7 Å². The van der Waals surface area contributed by atoms with Gasteiger partial charge >= 0.3 is 0 Å². The molecule has 7 nitrogen and oxygen atoms in total. The molecule has 0 fully saturated rings. The summed E-state index contributed by atoms with van der Waals surface area (Å²) in [6, 6.07) is 6.47. The lowest BCUT2D eigenvalue weighted by atomic mass is 10.2. The van der Waals surface area contributed by atoms with Gasteiger partial charge in [0, 0.05) is 25.4 Å². The van der Waals surface area contributed by atoms with Crippen LogP contribution in [0.3, 0.4) is 0 Å². The van der Waals surface area contributed by atoms with Gasteiger partial charge in [-0.05, 0) is 24.6 Å². The van der Waals surface area contributed by atoms with Gasteiger partial charge in [0.15, 0.2) is 0 Å². The number of sulfonamides is 1. The maximum Gasteiger partial charge on any atom is 0.252 e. The van der Waals surface area contributed by atoms with Crippen molar-refractivity contribution >= 4 is 38.9 Å². The Morgan fingerprint density at radius 3 is 2.81 bits per heavy atom. The van der Waals surface area contributed by atoms with Gasteiger partial charge in [-0.2, -0.15) is 4.31 Å². The van der Waals surface area contributed by atoms with Gasteiger partial charge in [0.25, 0.3) is 10.0 Å². The first-order valence-corrected chi connectivity index (χ1v) is 10.5. The maximum absolute atomic E-state index is 12.4. The van der Waals surface area contributed by atoms with Gasteiger partial charge in [0.1, 0.15) is 4.21 Å². The van der Waals surface area contributed by atoms with Crippen LogP contribution in [0.4, 0.5) is 0 Å². The summed E-state index contributed by atoms with van der Waals surface area (Å²) in [4.78, 5) is 16.3. The fourth-order valence-corrected chi connectivity index (χ4v) is 4.83. The molecular weight excluding hydrogens is 398 g/mol. The number of ether oxygens (including phenoxy) is 1. The minimum absolute atomic E-state index is 0.0975. The van der Waals surface area contributed by atoms with Crippen molar-refractivity contribution in [2.45, 2.75) is 24.1 Å². The number of aromatic nitrogens is 1. The molecule has 0 unspecified atom stereocenters. The zero-order valence-corrected chi connectivity index (χ0v) is 16.8. The van der Waals surface area contributed by atoms with Crippen LogP contribution < -0.4 is 10.1 Å². The molecule has 2 aromatic rings. The van der Waals surface area contributed by atoms with Crippen molar-refractivity contribution in [1.82, 2.24) is 14.6 Å². The van der Waals surface area contributed by atoms with Gasteiger partial charge in [0.2, 0.25) is 11.8 Å². The molecular formula is C16H20ClN3O4S2. The van der Waals surface area contributed by atoms with E-state index in [0.29, 0.717) is 16.8 Å². The largest absolute Gasteiger partial charge is 0.477 e. The smallest absolute Gasteiger partial charge is 0.252 e. The monoisotopic (exact) mass is 417 g/mol. The number of carbonyl (C=O) groups is 1. The summed E-state index contributed by atoms with van der Waals surface area (Å²) in [5.74, 6) is 0.0351. The van der Waals surface area contributed by atoms with E-state index < -0.39 is 15.9 Å². The van der Waals surface area contributed by atoms with Gasteiger partial charge in [-0.25, -0.2) is 13.4 Å².